The quantitative estimate of drug-likeness (QED) is 0.823. The van der Waals surface area contributed by atoms with Crippen LogP contribution >= 0.6 is 0 Å². The van der Waals surface area contributed by atoms with Gasteiger partial charge in [0.15, 0.2) is 0 Å². The molecule has 0 spiro atoms. The van der Waals surface area contributed by atoms with Crippen molar-refractivity contribution in [2.24, 2.45) is 5.92 Å². The minimum atomic E-state index is 0.0776. The van der Waals surface area contributed by atoms with Crippen molar-refractivity contribution in [3.63, 3.8) is 0 Å². The summed E-state index contributed by atoms with van der Waals surface area (Å²) in [7, 11) is 0. The van der Waals surface area contributed by atoms with E-state index < -0.39 is 0 Å². The van der Waals surface area contributed by atoms with Gasteiger partial charge in [-0.3, -0.25) is 4.79 Å². The number of fused-ring (bicyclic) bond motifs is 1. The van der Waals surface area contributed by atoms with Crippen molar-refractivity contribution in [2.75, 3.05) is 19.6 Å². The lowest BCUT2D eigenvalue weighted by atomic mass is 9.95. The van der Waals surface area contributed by atoms with Crippen LogP contribution in [0.4, 0.5) is 0 Å². The molecule has 1 aliphatic heterocycles. The number of nitrogens with zero attached hydrogens (tertiary/aromatic N) is 4. The lowest BCUT2D eigenvalue weighted by Crippen LogP contribution is -2.38. The molecule has 0 unspecified atom stereocenters. The normalized spacial score (nSPS) is 18.8. The molecule has 6 nitrogen and oxygen atoms in total. The zero-order valence-electron chi connectivity index (χ0n) is 15.6. The van der Waals surface area contributed by atoms with Crippen LogP contribution in [0.3, 0.4) is 0 Å². The first kappa shape index (κ1) is 17.5. The molecule has 2 aromatic heterocycles. The van der Waals surface area contributed by atoms with E-state index in [1.54, 1.807) is 4.68 Å². The third-order valence-electron chi connectivity index (χ3n) is 5.76. The number of rotatable bonds is 5. The number of hydrogen-bond donors (Lipinski definition) is 0. The van der Waals surface area contributed by atoms with Crippen LogP contribution in [0.5, 0.6) is 0 Å². The molecule has 140 valence electrons. The summed E-state index contributed by atoms with van der Waals surface area (Å²) in [6.07, 6.45) is 7.58. The molecule has 3 heterocycles. The Morgan fingerprint density at radius 2 is 2.00 bits per heavy atom. The highest BCUT2D eigenvalue weighted by atomic mass is 16.5. The maximum atomic E-state index is 12.4. The Balaban J connectivity index is 1.29. The Morgan fingerprint density at radius 3 is 2.77 bits per heavy atom. The van der Waals surface area contributed by atoms with Gasteiger partial charge in [-0.25, -0.2) is 4.68 Å². The smallest absolute Gasteiger partial charge is 0.267 e. The number of hydrogen-bond acceptors (Lipinski definition) is 5. The van der Waals surface area contributed by atoms with Gasteiger partial charge in [0.2, 0.25) is 0 Å². The first-order valence-electron chi connectivity index (χ1n) is 9.92. The van der Waals surface area contributed by atoms with Gasteiger partial charge < -0.3 is 9.42 Å². The summed E-state index contributed by atoms with van der Waals surface area (Å²) >= 11 is 0. The van der Waals surface area contributed by atoms with Crippen molar-refractivity contribution in [1.29, 1.82) is 0 Å². The molecule has 2 aliphatic rings. The van der Waals surface area contributed by atoms with Gasteiger partial charge in [-0.15, -0.1) is 0 Å². The van der Waals surface area contributed by atoms with Crippen LogP contribution < -0.4 is 5.56 Å². The second kappa shape index (κ2) is 7.74. The Kier molecular flexibility index (Phi) is 5.20. The predicted molar refractivity (Wildman–Crippen MR) is 99.2 cm³/mol. The van der Waals surface area contributed by atoms with Crippen molar-refractivity contribution in [3.8, 4) is 0 Å². The van der Waals surface area contributed by atoms with Gasteiger partial charge in [0, 0.05) is 31.6 Å². The van der Waals surface area contributed by atoms with Crippen LogP contribution in [-0.2, 0) is 25.8 Å². The predicted octanol–water partition coefficient (Wildman–Crippen LogP) is 2.37. The number of piperidine rings is 1. The molecule has 0 bridgehead atoms. The third kappa shape index (κ3) is 4.06. The Hall–Kier alpha value is -1.95. The molecule has 0 amide bonds. The van der Waals surface area contributed by atoms with Crippen LogP contribution in [0.25, 0.3) is 0 Å². The van der Waals surface area contributed by atoms with E-state index in [4.69, 9.17) is 4.52 Å². The maximum Gasteiger partial charge on any atom is 0.267 e. The van der Waals surface area contributed by atoms with E-state index in [9.17, 15) is 4.79 Å². The summed E-state index contributed by atoms with van der Waals surface area (Å²) in [4.78, 5) is 14.8. The topological polar surface area (TPSA) is 64.2 Å². The molecular weight excluding hydrogens is 328 g/mol. The van der Waals surface area contributed by atoms with Crippen LogP contribution in [0.15, 0.2) is 21.5 Å². The highest BCUT2D eigenvalue weighted by Gasteiger charge is 2.21. The van der Waals surface area contributed by atoms with E-state index in [-0.39, 0.29) is 5.56 Å². The second-order valence-corrected chi connectivity index (χ2v) is 7.81. The monoisotopic (exact) mass is 356 g/mol. The van der Waals surface area contributed by atoms with E-state index in [0.29, 0.717) is 5.92 Å². The lowest BCUT2D eigenvalue weighted by Gasteiger charge is -2.31. The van der Waals surface area contributed by atoms with E-state index in [0.717, 1.165) is 75.4 Å². The van der Waals surface area contributed by atoms with E-state index >= 15 is 0 Å². The summed E-state index contributed by atoms with van der Waals surface area (Å²) < 4.78 is 7.02. The molecule has 0 saturated carbocycles. The Morgan fingerprint density at radius 1 is 1.19 bits per heavy atom. The number of aryl methyl sites for hydroxylation is 3. The average molecular weight is 356 g/mol. The van der Waals surface area contributed by atoms with Crippen molar-refractivity contribution >= 4 is 0 Å². The minimum Gasteiger partial charge on any atom is -0.361 e. The van der Waals surface area contributed by atoms with E-state index in [1.165, 1.54) is 18.4 Å². The zero-order valence-corrected chi connectivity index (χ0v) is 15.6. The van der Waals surface area contributed by atoms with Crippen LogP contribution in [-0.4, -0.2) is 39.5 Å². The molecule has 6 heteroatoms. The highest BCUT2D eigenvalue weighted by molar-refractivity contribution is 5.20. The summed E-state index contributed by atoms with van der Waals surface area (Å²) in [5, 5.41) is 8.62. The number of aromatic nitrogens is 3. The largest absolute Gasteiger partial charge is 0.361 e. The average Bonchev–Trinajstić information content (AvgIpc) is 3.07. The maximum absolute atomic E-state index is 12.4. The standard InChI is InChI=1S/C20H28N4O2/c1-15-12-18(26-22-15)8-11-23-9-6-16(7-10-23)14-24-20(25)13-17-4-2-3-5-19(17)21-24/h12-13,16H,2-11,14H2,1H3. The summed E-state index contributed by atoms with van der Waals surface area (Å²) in [6, 6.07) is 3.84. The van der Waals surface area contributed by atoms with Crippen molar-refractivity contribution in [1.82, 2.24) is 19.8 Å². The second-order valence-electron chi connectivity index (χ2n) is 7.81. The van der Waals surface area contributed by atoms with E-state index in [2.05, 4.69) is 15.2 Å². The summed E-state index contributed by atoms with van der Waals surface area (Å²) in [5.41, 5.74) is 3.35. The Bertz CT molecular complexity index is 802. The number of likely N-dealkylation sites (tertiary alicyclic amines) is 1. The first-order valence-corrected chi connectivity index (χ1v) is 9.92. The molecule has 1 fully saturated rings. The van der Waals surface area contributed by atoms with Gasteiger partial charge in [0.1, 0.15) is 5.76 Å². The Labute approximate surface area is 154 Å². The van der Waals surface area contributed by atoms with Gasteiger partial charge >= 0.3 is 0 Å². The lowest BCUT2D eigenvalue weighted by molar-refractivity contribution is 0.168. The van der Waals surface area contributed by atoms with Gasteiger partial charge in [-0.2, -0.15) is 5.10 Å². The van der Waals surface area contributed by atoms with Gasteiger partial charge in [-0.1, -0.05) is 5.16 Å². The molecular formula is C20H28N4O2. The molecule has 1 saturated heterocycles. The summed E-state index contributed by atoms with van der Waals surface area (Å²) in [6.45, 7) is 5.89. The molecule has 0 atom stereocenters. The highest BCUT2D eigenvalue weighted by Crippen LogP contribution is 2.20. The van der Waals surface area contributed by atoms with Crippen LogP contribution in [0, 0.1) is 12.8 Å². The fraction of sp³-hybridized carbons (Fsp3) is 0.650. The zero-order chi connectivity index (χ0) is 17.9. The molecule has 0 N–H and O–H groups in total. The molecule has 1 aliphatic carbocycles. The van der Waals surface area contributed by atoms with Gasteiger partial charge in [-0.05, 0) is 70.0 Å². The SMILES string of the molecule is Cc1cc(CCN2CCC(Cn3nc4c(cc3=O)CCCC4)CC2)on1. The summed E-state index contributed by atoms with van der Waals surface area (Å²) in [5.74, 6) is 1.51. The van der Waals surface area contributed by atoms with Crippen molar-refractivity contribution in [2.45, 2.75) is 58.4 Å². The molecule has 2 aromatic rings. The molecule has 26 heavy (non-hydrogen) atoms. The van der Waals surface area contributed by atoms with Gasteiger partial charge in [0.05, 0.1) is 11.4 Å². The molecule has 0 radical (unpaired) electrons. The van der Waals surface area contributed by atoms with Crippen molar-refractivity contribution < 1.29 is 4.52 Å². The molecule has 4 rings (SSSR count). The van der Waals surface area contributed by atoms with Gasteiger partial charge in [0.25, 0.3) is 5.56 Å². The molecule has 0 aromatic carbocycles. The fourth-order valence-electron chi connectivity index (χ4n) is 4.17. The van der Waals surface area contributed by atoms with E-state index in [1.807, 2.05) is 19.1 Å². The minimum absolute atomic E-state index is 0.0776. The fourth-order valence-corrected chi connectivity index (χ4v) is 4.17. The van der Waals surface area contributed by atoms with Crippen LogP contribution in [0.1, 0.15) is 48.4 Å². The van der Waals surface area contributed by atoms with Crippen LogP contribution in [0.2, 0.25) is 0 Å². The first-order chi connectivity index (χ1) is 12.7. The van der Waals surface area contributed by atoms with Crippen molar-refractivity contribution in [3.05, 3.63) is 45.2 Å². The third-order valence-corrected chi connectivity index (χ3v) is 5.76.